The van der Waals surface area contributed by atoms with Gasteiger partial charge in [0.2, 0.25) is 11.9 Å². The number of hydrogen-bond acceptors (Lipinski definition) is 8. The molecule has 2 saturated heterocycles. The summed E-state index contributed by atoms with van der Waals surface area (Å²) in [6.07, 6.45) is 1.74. The summed E-state index contributed by atoms with van der Waals surface area (Å²) in [6, 6.07) is 4.63. The van der Waals surface area contributed by atoms with Crippen molar-refractivity contribution in [1.29, 1.82) is 0 Å². The SMILES string of the molecule is Cc1c[nH]c(NC2C(=O)N3C(C(=O)OCc4ccc([N+](=O)[O-])cc4)C(C)(C)S[C@@H]23)n1. The maximum atomic E-state index is 12.8. The highest BCUT2D eigenvalue weighted by molar-refractivity contribution is 8.01. The van der Waals surface area contributed by atoms with E-state index in [4.69, 9.17) is 4.74 Å². The first-order valence-electron chi connectivity index (χ1n) is 9.36. The Bertz CT molecular complexity index is 1000. The van der Waals surface area contributed by atoms with Gasteiger partial charge in [-0.25, -0.2) is 9.78 Å². The third-order valence-corrected chi connectivity index (χ3v) is 6.76. The molecule has 0 spiro atoms. The molecule has 30 heavy (non-hydrogen) atoms. The second-order valence-corrected chi connectivity index (χ2v) is 9.57. The molecule has 158 valence electrons. The fourth-order valence-electron chi connectivity index (χ4n) is 3.71. The molecule has 2 aromatic rings. The van der Waals surface area contributed by atoms with Gasteiger partial charge in [0.15, 0.2) is 0 Å². The molecular formula is C19H21N5O5S. The molecule has 3 atom stereocenters. The third-order valence-electron chi connectivity index (χ3n) is 5.19. The van der Waals surface area contributed by atoms with Crippen molar-refractivity contribution in [2.45, 2.75) is 49.6 Å². The van der Waals surface area contributed by atoms with Crippen LogP contribution in [0.15, 0.2) is 30.5 Å². The molecule has 2 N–H and O–H groups in total. The summed E-state index contributed by atoms with van der Waals surface area (Å²) in [4.78, 5) is 44.7. The van der Waals surface area contributed by atoms with Crippen LogP contribution >= 0.6 is 11.8 Å². The van der Waals surface area contributed by atoms with Gasteiger partial charge in [0.25, 0.3) is 5.69 Å². The number of fused-ring (bicyclic) bond motifs is 1. The number of nitrogens with one attached hydrogen (secondary N) is 2. The zero-order valence-corrected chi connectivity index (χ0v) is 17.4. The number of carbonyl (C=O) groups is 2. The molecule has 0 bridgehead atoms. The highest BCUT2D eigenvalue weighted by Crippen LogP contribution is 2.51. The van der Waals surface area contributed by atoms with Crippen LogP contribution in [0.1, 0.15) is 25.1 Å². The number of hydrogen-bond donors (Lipinski definition) is 2. The van der Waals surface area contributed by atoms with Gasteiger partial charge in [-0.2, -0.15) is 0 Å². The van der Waals surface area contributed by atoms with Gasteiger partial charge in [0, 0.05) is 23.1 Å². The number of ether oxygens (including phenoxy) is 1. The van der Waals surface area contributed by atoms with Crippen LogP contribution in [0.5, 0.6) is 0 Å². The summed E-state index contributed by atoms with van der Waals surface area (Å²) in [6.45, 7) is 5.65. The Morgan fingerprint density at radius 2 is 2.10 bits per heavy atom. The van der Waals surface area contributed by atoms with Crippen LogP contribution in [0.25, 0.3) is 0 Å². The fourth-order valence-corrected chi connectivity index (χ4v) is 5.33. The Kier molecular flexibility index (Phi) is 4.92. The predicted molar refractivity (Wildman–Crippen MR) is 110 cm³/mol. The molecule has 2 unspecified atom stereocenters. The van der Waals surface area contributed by atoms with Crippen molar-refractivity contribution >= 4 is 35.3 Å². The number of nitro groups is 1. The average molecular weight is 431 g/mol. The zero-order valence-electron chi connectivity index (χ0n) is 16.6. The largest absolute Gasteiger partial charge is 0.459 e. The van der Waals surface area contributed by atoms with Crippen LogP contribution in [0.3, 0.4) is 0 Å². The number of β-lactam (4-membered cyclic amide) rings is 1. The van der Waals surface area contributed by atoms with Crippen LogP contribution in [-0.2, 0) is 20.9 Å². The first-order valence-corrected chi connectivity index (χ1v) is 10.2. The second kappa shape index (κ2) is 7.31. The zero-order chi connectivity index (χ0) is 21.6. The normalized spacial score (nSPS) is 24.2. The van der Waals surface area contributed by atoms with Crippen LogP contribution in [0.4, 0.5) is 11.6 Å². The van der Waals surface area contributed by atoms with Gasteiger partial charge in [-0.1, -0.05) is 0 Å². The van der Waals surface area contributed by atoms with Crippen LogP contribution in [-0.4, -0.2) is 53.9 Å². The van der Waals surface area contributed by atoms with E-state index in [-0.39, 0.29) is 23.6 Å². The Balaban J connectivity index is 1.41. The Morgan fingerprint density at radius 3 is 2.70 bits per heavy atom. The summed E-state index contributed by atoms with van der Waals surface area (Å²) >= 11 is 1.54. The maximum Gasteiger partial charge on any atom is 0.330 e. The number of aromatic amines is 1. The van der Waals surface area contributed by atoms with Crippen LogP contribution < -0.4 is 5.32 Å². The average Bonchev–Trinajstić information content (AvgIpc) is 3.22. The Morgan fingerprint density at radius 1 is 1.40 bits per heavy atom. The van der Waals surface area contributed by atoms with Crippen molar-refractivity contribution in [3.8, 4) is 0 Å². The number of H-pyrrole nitrogens is 1. The van der Waals surface area contributed by atoms with E-state index >= 15 is 0 Å². The second-order valence-electron chi connectivity index (χ2n) is 7.80. The number of aryl methyl sites for hydroxylation is 1. The highest BCUT2D eigenvalue weighted by atomic mass is 32.2. The first-order chi connectivity index (χ1) is 14.2. The van der Waals surface area contributed by atoms with Gasteiger partial charge in [-0.05, 0) is 38.5 Å². The lowest BCUT2D eigenvalue weighted by Gasteiger charge is -2.43. The van der Waals surface area contributed by atoms with Crippen LogP contribution in [0.2, 0.25) is 0 Å². The van der Waals surface area contributed by atoms with Crippen molar-refractivity contribution in [2.24, 2.45) is 0 Å². The van der Waals surface area contributed by atoms with E-state index in [0.717, 1.165) is 5.69 Å². The minimum Gasteiger partial charge on any atom is -0.459 e. The molecule has 0 radical (unpaired) electrons. The standard InChI is InChI=1S/C19H21N5O5S/c1-10-8-20-18(21-10)22-13-15(25)23-14(19(2,3)30-16(13)23)17(26)29-9-11-4-6-12(7-5-11)24(27)28/h4-8,13-14,16H,9H2,1-3H3,(H2,20,21,22)/t13?,14?,16-/m0/s1. The molecular weight excluding hydrogens is 410 g/mol. The number of rotatable bonds is 6. The van der Waals surface area contributed by atoms with Gasteiger partial charge in [0.05, 0.1) is 10.6 Å². The molecule has 3 heterocycles. The summed E-state index contributed by atoms with van der Waals surface area (Å²) in [5.41, 5.74) is 1.42. The molecule has 2 fully saturated rings. The number of carbonyl (C=O) groups excluding carboxylic acids is 2. The summed E-state index contributed by atoms with van der Waals surface area (Å²) < 4.78 is 4.93. The maximum absolute atomic E-state index is 12.8. The van der Waals surface area contributed by atoms with E-state index in [2.05, 4.69) is 15.3 Å². The van der Waals surface area contributed by atoms with Crippen LogP contribution in [0, 0.1) is 17.0 Å². The fraction of sp³-hybridized carbons (Fsp3) is 0.421. The molecule has 10 nitrogen and oxygen atoms in total. The number of amides is 1. The minimum absolute atomic E-state index is 0.0197. The molecule has 0 aliphatic carbocycles. The predicted octanol–water partition coefficient (Wildman–Crippen LogP) is 2.21. The summed E-state index contributed by atoms with van der Waals surface area (Å²) in [7, 11) is 0. The molecule has 4 rings (SSSR count). The topological polar surface area (TPSA) is 130 Å². The number of thioether (sulfide) groups is 1. The molecule has 2 aliphatic rings. The lowest BCUT2D eigenvalue weighted by atomic mass is 9.96. The van der Waals surface area contributed by atoms with Gasteiger partial charge < -0.3 is 19.9 Å². The van der Waals surface area contributed by atoms with E-state index in [1.165, 1.54) is 12.1 Å². The number of esters is 1. The van der Waals surface area contributed by atoms with E-state index in [9.17, 15) is 19.7 Å². The lowest BCUT2D eigenvalue weighted by Crippen LogP contribution is -2.68. The third kappa shape index (κ3) is 3.49. The van der Waals surface area contributed by atoms with Gasteiger partial charge in [-0.15, -0.1) is 11.8 Å². The smallest absolute Gasteiger partial charge is 0.330 e. The molecule has 2 aliphatic heterocycles. The number of nitrogens with zero attached hydrogens (tertiary/aromatic N) is 3. The van der Waals surface area contributed by atoms with Crippen molar-refractivity contribution in [3.05, 3.63) is 51.8 Å². The number of nitro benzene ring substituents is 1. The van der Waals surface area contributed by atoms with Crippen molar-refractivity contribution in [2.75, 3.05) is 5.32 Å². The van der Waals surface area contributed by atoms with Crippen molar-refractivity contribution in [3.63, 3.8) is 0 Å². The molecule has 0 saturated carbocycles. The Labute approximate surface area is 176 Å². The monoisotopic (exact) mass is 431 g/mol. The number of aromatic nitrogens is 2. The summed E-state index contributed by atoms with van der Waals surface area (Å²) in [5, 5.41) is 13.6. The first kappa shape index (κ1) is 20.2. The number of benzene rings is 1. The van der Waals surface area contributed by atoms with Gasteiger partial charge in [0.1, 0.15) is 24.1 Å². The number of anilines is 1. The molecule has 1 aromatic heterocycles. The van der Waals surface area contributed by atoms with Crippen molar-refractivity contribution < 1.29 is 19.2 Å². The molecule has 1 aromatic carbocycles. The molecule has 11 heteroatoms. The Hall–Kier alpha value is -3.08. The number of non-ortho nitro benzene ring substituents is 1. The highest BCUT2D eigenvalue weighted by Gasteiger charge is 2.64. The minimum atomic E-state index is -0.713. The van der Waals surface area contributed by atoms with Gasteiger partial charge in [-0.3, -0.25) is 14.9 Å². The number of imidazole rings is 1. The van der Waals surface area contributed by atoms with E-state index in [0.29, 0.717) is 11.5 Å². The van der Waals surface area contributed by atoms with Gasteiger partial charge >= 0.3 is 5.97 Å². The van der Waals surface area contributed by atoms with E-state index in [1.54, 1.807) is 35.0 Å². The van der Waals surface area contributed by atoms with E-state index < -0.39 is 27.7 Å². The lowest BCUT2D eigenvalue weighted by molar-refractivity contribution is -0.384. The quantitative estimate of drug-likeness (QED) is 0.308. The van der Waals surface area contributed by atoms with E-state index in [1.807, 2.05) is 20.8 Å². The molecule has 1 amide bonds. The van der Waals surface area contributed by atoms with Crippen molar-refractivity contribution in [1.82, 2.24) is 14.9 Å². The summed E-state index contributed by atoms with van der Waals surface area (Å²) in [5.74, 6) is -0.147.